The topological polar surface area (TPSA) is 82.2 Å². The number of nitriles is 1. The van der Waals surface area contributed by atoms with Crippen LogP contribution in [0.5, 0.6) is 0 Å². The molecule has 1 aromatic carbocycles. The summed E-state index contributed by atoms with van der Waals surface area (Å²) in [6, 6.07) is 9.56. The van der Waals surface area contributed by atoms with Gasteiger partial charge in [0.05, 0.1) is 0 Å². The molecule has 25 heavy (non-hydrogen) atoms. The number of aromatic nitrogens is 1. The fraction of sp³-hybridized carbons (Fsp3) is 0.389. The summed E-state index contributed by atoms with van der Waals surface area (Å²) in [4.78, 5) is 19.9. The van der Waals surface area contributed by atoms with Gasteiger partial charge in [-0.3, -0.25) is 4.79 Å². The van der Waals surface area contributed by atoms with Gasteiger partial charge in [0, 0.05) is 23.0 Å². The lowest BCUT2D eigenvalue weighted by atomic mass is 9.84. The van der Waals surface area contributed by atoms with Crippen LogP contribution in [0.4, 0.5) is 0 Å². The third-order valence-electron chi connectivity index (χ3n) is 4.89. The van der Waals surface area contributed by atoms with Crippen molar-refractivity contribution >= 4 is 17.7 Å². The number of nitrogens with zero attached hydrogens (tertiary/aromatic N) is 3. The van der Waals surface area contributed by atoms with Gasteiger partial charge in [-0.1, -0.05) is 0 Å². The van der Waals surface area contributed by atoms with Crippen molar-refractivity contribution in [2.75, 3.05) is 19.6 Å². The molecule has 4 heterocycles. The van der Waals surface area contributed by atoms with Gasteiger partial charge in [0.1, 0.15) is 12.3 Å². The molecular formula is C18H18N4O2S. The Hall–Kier alpha value is -2.30. The Kier molecular flexibility index (Phi) is 4.47. The van der Waals surface area contributed by atoms with Gasteiger partial charge in [-0.15, -0.1) is 0 Å². The Morgan fingerprint density at radius 3 is 2.68 bits per heavy atom. The molecule has 6 nitrogen and oxygen atoms in total. The molecule has 0 saturated carbocycles. The fourth-order valence-electron chi connectivity index (χ4n) is 3.51. The van der Waals surface area contributed by atoms with Crippen LogP contribution in [-0.2, 0) is 0 Å². The first kappa shape index (κ1) is 16.2. The first-order valence-corrected chi connectivity index (χ1v) is 9.19. The Balaban J connectivity index is 1.38. The molecule has 0 aliphatic carbocycles. The highest BCUT2D eigenvalue weighted by Gasteiger charge is 2.34. The summed E-state index contributed by atoms with van der Waals surface area (Å²) < 4.78 is 5.21. The minimum Gasteiger partial charge on any atom is -0.438 e. The maximum Gasteiger partial charge on any atom is 0.261 e. The summed E-state index contributed by atoms with van der Waals surface area (Å²) in [5, 5.41) is 12.4. The van der Waals surface area contributed by atoms with Crippen LogP contribution in [0.15, 0.2) is 45.1 Å². The first-order chi connectivity index (χ1) is 12.2. The van der Waals surface area contributed by atoms with Crippen molar-refractivity contribution < 1.29 is 9.21 Å². The van der Waals surface area contributed by atoms with E-state index in [-0.39, 0.29) is 17.6 Å². The lowest BCUT2D eigenvalue weighted by molar-refractivity contribution is 0.0620. The zero-order valence-electron chi connectivity index (χ0n) is 13.6. The van der Waals surface area contributed by atoms with Crippen LogP contribution in [0.1, 0.15) is 28.9 Å². The van der Waals surface area contributed by atoms with E-state index in [2.05, 4.69) is 15.2 Å². The predicted octanol–water partition coefficient (Wildman–Crippen LogP) is 2.52. The highest BCUT2D eigenvalue weighted by Crippen LogP contribution is 2.29. The number of rotatable bonds is 4. The monoisotopic (exact) mass is 354 g/mol. The van der Waals surface area contributed by atoms with Crippen molar-refractivity contribution in [1.29, 1.82) is 5.26 Å². The Morgan fingerprint density at radius 2 is 2.08 bits per heavy atom. The number of hydrogen-bond acceptors (Lipinski definition) is 6. The zero-order valence-corrected chi connectivity index (χ0v) is 14.5. The number of fused-ring (bicyclic) bond motifs is 3. The van der Waals surface area contributed by atoms with Gasteiger partial charge in [-0.05, 0) is 67.9 Å². The molecule has 1 N–H and O–H groups in total. The number of benzene rings is 1. The van der Waals surface area contributed by atoms with Crippen molar-refractivity contribution in [3.63, 3.8) is 0 Å². The molecule has 1 unspecified atom stereocenters. The van der Waals surface area contributed by atoms with Gasteiger partial charge in [-0.25, -0.2) is 0 Å². The van der Waals surface area contributed by atoms with E-state index in [0.717, 1.165) is 24.5 Å². The quantitative estimate of drug-likeness (QED) is 0.908. The van der Waals surface area contributed by atoms with Crippen LogP contribution in [0.3, 0.4) is 0 Å². The van der Waals surface area contributed by atoms with E-state index in [0.29, 0.717) is 16.7 Å². The summed E-state index contributed by atoms with van der Waals surface area (Å²) in [5.74, 6) is 0.598. The Bertz CT molecular complexity index is 803. The molecule has 2 bridgehead atoms. The van der Waals surface area contributed by atoms with Gasteiger partial charge in [-0.2, -0.15) is 10.2 Å². The lowest BCUT2D eigenvalue weighted by Crippen LogP contribution is -2.57. The molecule has 1 amide bonds. The summed E-state index contributed by atoms with van der Waals surface area (Å²) in [6.07, 6.45) is 3.70. The number of oxazole rings is 1. The number of piperidine rings is 3. The summed E-state index contributed by atoms with van der Waals surface area (Å²) in [5.41, 5.74) is 0.918. The molecule has 7 heteroatoms. The Morgan fingerprint density at radius 1 is 1.32 bits per heavy atom. The van der Waals surface area contributed by atoms with Crippen molar-refractivity contribution in [1.82, 2.24) is 15.2 Å². The van der Waals surface area contributed by atoms with E-state index in [1.165, 1.54) is 30.9 Å². The third kappa shape index (κ3) is 3.55. The summed E-state index contributed by atoms with van der Waals surface area (Å²) >= 11 is 1.32. The van der Waals surface area contributed by atoms with Crippen molar-refractivity contribution in [2.45, 2.75) is 29.0 Å². The minimum atomic E-state index is -0.0156. The summed E-state index contributed by atoms with van der Waals surface area (Å²) in [7, 11) is 0. The van der Waals surface area contributed by atoms with E-state index in [9.17, 15) is 4.79 Å². The highest BCUT2D eigenvalue weighted by atomic mass is 32.2. The smallest absolute Gasteiger partial charge is 0.261 e. The second kappa shape index (κ2) is 6.90. The van der Waals surface area contributed by atoms with Crippen molar-refractivity contribution in [3.8, 4) is 6.07 Å². The van der Waals surface area contributed by atoms with Crippen molar-refractivity contribution in [3.05, 3.63) is 41.8 Å². The van der Waals surface area contributed by atoms with Gasteiger partial charge >= 0.3 is 0 Å². The molecule has 128 valence electrons. The van der Waals surface area contributed by atoms with E-state index < -0.39 is 0 Å². The number of carbonyl (C=O) groups excluding carboxylic acids is 1. The van der Waals surface area contributed by atoms with Gasteiger partial charge in [0.25, 0.3) is 11.1 Å². The number of amides is 1. The number of hydrogen-bond donors (Lipinski definition) is 1. The second-order valence-electron chi connectivity index (χ2n) is 6.45. The molecule has 5 rings (SSSR count). The fourth-order valence-corrected chi connectivity index (χ4v) is 4.23. The molecule has 0 radical (unpaired) electrons. The maximum absolute atomic E-state index is 12.5. The highest BCUT2D eigenvalue weighted by molar-refractivity contribution is 7.99. The van der Waals surface area contributed by atoms with Crippen LogP contribution in [0.25, 0.3) is 0 Å². The first-order valence-electron chi connectivity index (χ1n) is 8.38. The van der Waals surface area contributed by atoms with E-state index in [4.69, 9.17) is 9.68 Å². The van der Waals surface area contributed by atoms with Crippen molar-refractivity contribution in [2.24, 2.45) is 5.92 Å². The van der Waals surface area contributed by atoms with Gasteiger partial charge < -0.3 is 14.6 Å². The molecule has 3 fully saturated rings. The average molecular weight is 354 g/mol. The number of nitrogens with one attached hydrogen (secondary N) is 1. The molecular weight excluding hydrogens is 336 g/mol. The second-order valence-corrected chi connectivity index (χ2v) is 7.48. The number of carbonyl (C=O) groups is 1. The van der Waals surface area contributed by atoms with Crippen LogP contribution >= 0.6 is 11.8 Å². The summed E-state index contributed by atoms with van der Waals surface area (Å²) in [6.45, 7) is 3.30. The molecule has 3 aliphatic heterocycles. The minimum absolute atomic E-state index is 0.0156. The largest absolute Gasteiger partial charge is 0.438 e. The van der Waals surface area contributed by atoms with Crippen LogP contribution in [-0.4, -0.2) is 41.5 Å². The molecule has 1 atom stereocenters. The van der Waals surface area contributed by atoms with Crippen LogP contribution in [0, 0.1) is 17.2 Å². The average Bonchev–Trinajstić information content (AvgIpc) is 3.11. The molecule has 1 aromatic heterocycles. The normalized spacial score (nSPS) is 24.7. The molecule has 2 aromatic rings. The molecule has 0 spiro atoms. The zero-order chi connectivity index (χ0) is 17.2. The van der Waals surface area contributed by atoms with Gasteiger partial charge in [0.15, 0.2) is 5.69 Å². The Labute approximate surface area is 150 Å². The van der Waals surface area contributed by atoms with E-state index >= 15 is 0 Å². The maximum atomic E-state index is 12.5. The van der Waals surface area contributed by atoms with Crippen LogP contribution < -0.4 is 5.32 Å². The molecule has 3 aliphatic rings. The third-order valence-corrected chi connectivity index (χ3v) is 5.76. The van der Waals surface area contributed by atoms with E-state index in [1.54, 1.807) is 0 Å². The van der Waals surface area contributed by atoms with E-state index in [1.807, 2.05) is 30.3 Å². The van der Waals surface area contributed by atoms with Gasteiger partial charge in [0.2, 0.25) is 0 Å². The van der Waals surface area contributed by atoms with Crippen LogP contribution in [0.2, 0.25) is 0 Å². The predicted molar refractivity (Wildman–Crippen MR) is 92.2 cm³/mol. The lowest BCUT2D eigenvalue weighted by Gasteiger charge is -2.44. The standard InChI is InChI=1S/C18H18N4O2S/c19-9-14-11-24-18(20-14)25-15-3-1-13(2-4-15)17(23)21-16-10-22-7-5-12(16)6-8-22/h1-4,11-12,16H,5-8,10H2,(H,21,23). The SMILES string of the molecule is N#Cc1coc(Sc2ccc(C(=O)NC3CN4CCC3CC4)cc2)n1. The molecule has 3 saturated heterocycles.